The Morgan fingerprint density at radius 1 is 1.23 bits per heavy atom. The van der Waals surface area contributed by atoms with Gasteiger partial charge in [0, 0.05) is 25.5 Å². The van der Waals surface area contributed by atoms with E-state index >= 15 is 0 Å². The molecule has 70 valence electrons. The van der Waals surface area contributed by atoms with Crippen molar-refractivity contribution in [3.8, 4) is 0 Å². The summed E-state index contributed by atoms with van der Waals surface area (Å²) < 4.78 is 0. The minimum atomic E-state index is 1.13. The van der Waals surface area contributed by atoms with Gasteiger partial charge in [-0.1, -0.05) is 0 Å². The molecule has 1 saturated heterocycles. The topological polar surface area (TPSA) is 27.6 Å². The van der Waals surface area contributed by atoms with Crippen LogP contribution in [0.15, 0.2) is 29.3 Å². The summed E-state index contributed by atoms with van der Waals surface area (Å²) in [6.07, 6.45) is 11.5. The third-order valence-corrected chi connectivity index (χ3v) is 2.39. The molecule has 0 bridgehead atoms. The molecular formula is C10H15N3. The van der Waals surface area contributed by atoms with Crippen molar-refractivity contribution in [1.29, 1.82) is 0 Å². The van der Waals surface area contributed by atoms with E-state index in [1.165, 1.54) is 19.3 Å². The Kier molecular flexibility index (Phi) is 2.65. The maximum Gasteiger partial charge on any atom is 0.124 e. The number of rotatable bonds is 1. The van der Waals surface area contributed by atoms with Crippen molar-refractivity contribution in [2.24, 2.45) is 4.99 Å². The zero-order valence-corrected chi connectivity index (χ0v) is 7.74. The van der Waals surface area contributed by atoms with Gasteiger partial charge in [-0.3, -0.25) is 4.99 Å². The van der Waals surface area contributed by atoms with Gasteiger partial charge >= 0.3 is 0 Å². The number of nitrogens with zero attached hydrogens (tertiary/aromatic N) is 2. The molecular weight excluding hydrogens is 162 g/mol. The molecule has 0 atom stereocenters. The van der Waals surface area contributed by atoms with Crippen molar-refractivity contribution < 1.29 is 0 Å². The van der Waals surface area contributed by atoms with Crippen LogP contribution >= 0.6 is 0 Å². The summed E-state index contributed by atoms with van der Waals surface area (Å²) in [6, 6.07) is 0. The van der Waals surface area contributed by atoms with Gasteiger partial charge in [-0.25, -0.2) is 0 Å². The molecule has 1 N–H and O–H groups in total. The first-order valence-electron chi connectivity index (χ1n) is 4.87. The fraction of sp³-hybridized carbons (Fsp3) is 0.500. The lowest BCUT2D eigenvalue weighted by molar-refractivity contribution is 0.273. The lowest BCUT2D eigenvalue weighted by Gasteiger charge is -2.30. The highest BCUT2D eigenvalue weighted by Gasteiger charge is 2.12. The number of nitrogens with one attached hydrogen (secondary N) is 1. The normalized spacial score (nSPS) is 22.2. The van der Waals surface area contributed by atoms with E-state index in [9.17, 15) is 0 Å². The van der Waals surface area contributed by atoms with Crippen LogP contribution in [0.5, 0.6) is 0 Å². The Labute approximate surface area is 78.8 Å². The molecule has 2 aliphatic rings. The molecule has 0 saturated carbocycles. The van der Waals surface area contributed by atoms with Gasteiger partial charge in [0.25, 0.3) is 0 Å². The molecule has 0 aromatic heterocycles. The highest BCUT2D eigenvalue weighted by Crippen LogP contribution is 2.13. The maximum atomic E-state index is 4.15. The SMILES string of the molecule is C1=CNC(N2CCCCC2)=CN=C1. The standard InChI is InChI=1S/C10H15N3/c1-2-7-13(8-3-1)10-9-11-5-4-6-12-10/h4-6,9,12H,1-3,7-8H2. The van der Waals surface area contributed by atoms with Crippen LogP contribution in [0, 0.1) is 0 Å². The lowest BCUT2D eigenvalue weighted by atomic mass is 10.1. The minimum absolute atomic E-state index is 1.13. The zero-order valence-electron chi connectivity index (χ0n) is 7.74. The molecule has 2 heterocycles. The first-order valence-corrected chi connectivity index (χ1v) is 4.87. The van der Waals surface area contributed by atoms with Crippen LogP contribution in [-0.4, -0.2) is 24.2 Å². The van der Waals surface area contributed by atoms with E-state index in [0.29, 0.717) is 0 Å². The summed E-state index contributed by atoms with van der Waals surface area (Å²) in [6.45, 7) is 2.31. The van der Waals surface area contributed by atoms with Crippen LogP contribution in [0.2, 0.25) is 0 Å². The number of hydrogen-bond acceptors (Lipinski definition) is 3. The van der Waals surface area contributed by atoms with Crippen molar-refractivity contribution in [1.82, 2.24) is 10.2 Å². The van der Waals surface area contributed by atoms with Gasteiger partial charge in [0.1, 0.15) is 5.82 Å². The van der Waals surface area contributed by atoms with Crippen LogP contribution in [0.4, 0.5) is 0 Å². The third-order valence-electron chi connectivity index (χ3n) is 2.39. The fourth-order valence-corrected chi connectivity index (χ4v) is 1.68. The molecule has 3 nitrogen and oxygen atoms in total. The minimum Gasteiger partial charge on any atom is -0.357 e. The number of piperidine rings is 1. The molecule has 3 heteroatoms. The van der Waals surface area contributed by atoms with Crippen molar-refractivity contribution in [3.05, 3.63) is 24.3 Å². The van der Waals surface area contributed by atoms with E-state index in [1.807, 2.05) is 18.5 Å². The van der Waals surface area contributed by atoms with Gasteiger partial charge in [0.2, 0.25) is 0 Å². The van der Waals surface area contributed by atoms with Crippen LogP contribution in [0.3, 0.4) is 0 Å². The summed E-state index contributed by atoms with van der Waals surface area (Å²) >= 11 is 0. The first-order chi connectivity index (χ1) is 6.47. The Bertz CT molecular complexity index is 247. The predicted molar refractivity (Wildman–Crippen MR) is 54.3 cm³/mol. The molecule has 0 unspecified atom stereocenters. The number of likely N-dealkylation sites (tertiary alicyclic amines) is 1. The van der Waals surface area contributed by atoms with Crippen molar-refractivity contribution in [2.45, 2.75) is 19.3 Å². The van der Waals surface area contributed by atoms with E-state index in [1.54, 1.807) is 6.21 Å². The predicted octanol–water partition coefficient (Wildman–Crippen LogP) is 1.46. The van der Waals surface area contributed by atoms with E-state index in [-0.39, 0.29) is 0 Å². The van der Waals surface area contributed by atoms with E-state index < -0.39 is 0 Å². The second-order valence-corrected chi connectivity index (χ2v) is 3.36. The summed E-state index contributed by atoms with van der Waals surface area (Å²) in [5.74, 6) is 1.13. The fourth-order valence-electron chi connectivity index (χ4n) is 1.68. The highest BCUT2D eigenvalue weighted by atomic mass is 15.2. The van der Waals surface area contributed by atoms with Gasteiger partial charge in [-0.15, -0.1) is 0 Å². The third kappa shape index (κ3) is 2.11. The Morgan fingerprint density at radius 3 is 2.92 bits per heavy atom. The van der Waals surface area contributed by atoms with E-state index in [4.69, 9.17) is 0 Å². The van der Waals surface area contributed by atoms with Crippen LogP contribution in [-0.2, 0) is 0 Å². The van der Waals surface area contributed by atoms with Crippen LogP contribution in [0.1, 0.15) is 19.3 Å². The molecule has 2 rings (SSSR count). The second kappa shape index (κ2) is 4.12. The van der Waals surface area contributed by atoms with Crippen molar-refractivity contribution >= 4 is 6.21 Å². The monoisotopic (exact) mass is 177 g/mol. The molecule has 0 spiro atoms. The van der Waals surface area contributed by atoms with Gasteiger partial charge in [0.05, 0.1) is 6.20 Å². The zero-order chi connectivity index (χ0) is 8.93. The summed E-state index contributed by atoms with van der Waals surface area (Å²) in [7, 11) is 0. The average molecular weight is 177 g/mol. The van der Waals surface area contributed by atoms with E-state index in [2.05, 4.69) is 15.2 Å². The Hall–Kier alpha value is -1.25. The summed E-state index contributed by atoms with van der Waals surface area (Å²) in [5.41, 5.74) is 0. The summed E-state index contributed by atoms with van der Waals surface area (Å²) in [5, 5.41) is 3.23. The second-order valence-electron chi connectivity index (χ2n) is 3.36. The molecule has 0 aromatic carbocycles. The molecule has 0 aromatic rings. The number of allylic oxidation sites excluding steroid dienone is 1. The molecule has 0 amide bonds. The number of hydrogen-bond donors (Lipinski definition) is 1. The molecule has 2 aliphatic heterocycles. The molecule has 0 radical (unpaired) electrons. The smallest absolute Gasteiger partial charge is 0.124 e. The molecule has 1 fully saturated rings. The maximum absolute atomic E-state index is 4.15. The lowest BCUT2D eigenvalue weighted by Crippen LogP contribution is -2.33. The van der Waals surface area contributed by atoms with Crippen LogP contribution < -0.4 is 5.32 Å². The van der Waals surface area contributed by atoms with Gasteiger partial charge < -0.3 is 10.2 Å². The highest BCUT2D eigenvalue weighted by molar-refractivity contribution is 5.71. The summed E-state index contributed by atoms with van der Waals surface area (Å²) in [4.78, 5) is 6.51. The van der Waals surface area contributed by atoms with E-state index in [0.717, 1.165) is 18.9 Å². The number of aliphatic imine (C=N–C) groups is 1. The van der Waals surface area contributed by atoms with Crippen molar-refractivity contribution in [2.75, 3.05) is 13.1 Å². The quantitative estimate of drug-likeness (QED) is 0.656. The Balaban J connectivity index is 2.01. The van der Waals surface area contributed by atoms with Gasteiger partial charge in [-0.05, 0) is 25.3 Å². The Morgan fingerprint density at radius 2 is 2.08 bits per heavy atom. The largest absolute Gasteiger partial charge is 0.357 e. The van der Waals surface area contributed by atoms with Crippen molar-refractivity contribution in [3.63, 3.8) is 0 Å². The molecule has 0 aliphatic carbocycles. The average Bonchev–Trinajstić information content (AvgIpc) is 2.47. The molecule has 13 heavy (non-hydrogen) atoms. The van der Waals surface area contributed by atoms with Gasteiger partial charge in [-0.2, -0.15) is 0 Å². The first kappa shape index (κ1) is 8.35. The van der Waals surface area contributed by atoms with Gasteiger partial charge in [0.15, 0.2) is 0 Å². The van der Waals surface area contributed by atoms with Crippen LogP contribution in [0.25, 0.3) is 0 Å².